The van der Waals surface area contributed by atoms with E-state index in [0.29, 0.717) is 39.1 Å². The number of para-hydroxylation sites is 1. The zero-order valence-electron chi connectivity index (χ0n) is 26.0. The van der Waals surface area contributed by atoms with Gasteiger partial charge in [0, 0.05) is 32.0 Å². The predicted octanol–water partition coefficient (Wildman–Crippen LogP) is 5.72. The average Bonchev–Trinajstić information content (AvgIpc) is 3.30. The highest BCUT2D eigenvalue weighted by Gasteiger charge is 2.45. The summed E-state index contributed by atoms with van der Waals surface area (Å²) in [4.78, 5) is 11.8. The molecule has 3 unspecified atom stereocenters. The van der Waals surface area contributed by atoms with E-state index >= 15 is 0 Å². The summed E-state index contributed by atoms with van der Waals surface area (Å²) in [6.45, 7) is 5.70. The minimum absolute atomic E-state index is 0.0944. The number of rotatable bonds is 17. The van der Waals surface area contributed by atoms with Gasteiger partial charge in [0.1, 0.15) is 18.5 Å². The Bertz CT molecular complexity index is 927. The van der Waals surface area contributed by atoms with Gasteiger partial charge in [-0.3, -0.25) is 4.79 Å². The molecule has 2 heterocycles. The smallest absolute Gasteiger partial charge is 0.306 e. The van der Waals surface area contributed by atoms with Gasteiger partial charge in [-0.05, 0) is 83.8 Å². The summed E-state index contributed by atoms with van der Waals surface area (Å²) in [7, 11) is 0. The maximum absolute atomic E-state index is 11.8. The number of aliphatic hydroxyl groups excluding tert-OH is 1. The lowest BCUT2D eigenvalue weighted by Crippen LogP contribution is -2.40. The van der Waals surface area contributed by atoms with Crippen molar-refractivity contribution in [1.82, 2.24) is 0 Å². The molecule has 242 valence electrons. The van der Waals surface area contributed by atoms with E-state index in [2.05, 4.69) is 12.2 Å². The monoisotopic (exact) mass is 604 g/mol. The summed E-state index contributed by atoms with van der Waals surface area (Å²) in [6, 6.07) is 9.68. The van der Waals surface area contributed by atoms with E-state index in [1.807, 2.05) is 44.2 Å². The fourth-order valence-electron chi connectivity index (χ4n) is 5.85. The van der Waals surface area contributed by atoms with Crippen LogP contribution in [0, 0.1) is 5.92 Å². The molecule has 9 heteroatoms. The normalized spacial score (nSPS) is 28.7. The Hall–Kier alpha value is -2.01. The van der Waals surface area contributed by atoms with Crippen molar-refractivity contribution in [3.05, 3.63) is 42.5 Å². The molecule has 0 spiro atoms. The van der Waals surface area contributed by atoms with Gasteiger partial charge in [0.2, 0.25) is 0 Å². The molecule has 0 aromatic heterocycles. The zero-order valence-corrected chi connectivity index (χ0v) is 26.0. The first-order valence-electron chi connectivity index (χ1n) is 16.3. The molecule has 1 aromatic rings. The largest absolute Gasteiger partial charge is 0.491 e. The highest BCUT2D eigenvalue weighted by molar-refractivity contribution is 5.69. The Kier molecular flexibility index (Phi) is 14.7. The van der Waals surface area contributed by atoms with Crippen LogP contribution in [0.15, 0.2) is 42.5 Å². The summed E-state index contributed by atoms with van der Waals surface area (Å²) >= 11 is 0. The third-order valence-electron chi connectivity index (χ3n) is 8.05. The second-order valence-corrected chi connectivity index (χ2v) is 12.1. The number of carbonyl (C=O) groups is 1. The SMILES string of the molecule is CC(C)OC(=O)CCC/C=C\C[C@@H]1[C@H](OCC(COc2ccccc2)OC2CCCCO2)[C@@H](OC2CCCCO2)C[C@H]1O. The third kappa shape index (κ3) is 12.1. The van der Waals surface area contributed by atoms with Crippen LogP contribution in [0.1, 0.15) is 84.5 Å². The Morgan fingerprint density at radius 3 is 2.44 bits per heavy atom. The van der Waals surface area contributed by atoms with Crippen molar-refractivity contribution in [2.75, 3.05) is 26.4 Å². The van der Waals surface area contributed by atoms with E-state index in [1.54, 1.807) is 0 Å². The van der Waals surface area contributed by atoms with Gasteiger partial charge in [0.15, 0.2) is 12.6 Å². The summed E-state index contributed by atoms with van der Waals surface area (Å²) in [5.41, 5.74) is 0. The van der Waals surface area contributed by atoms with Gasteiger partial charge in [-0.15, -0.1) is 0 Å². The van der Waals surface area contributed by atoms with Gasteiger partial charge in [-0.25, -0.2) is 0 Å². The van der Waals surface area contributed by atoms with Gasteiger partial charge in [-0.1, -0.05) is 30.4 Å². The van der Waals surface area contributed by atoms with Crippen LogP contribution >= 0.6 is 0 Å². The lowest BCUT2D eigenvalue weighted by molar-refractivity contribution is -0.226. The number of hydrogen-bond donors (Lipinski definition) is 1. The molecule has 7 atom stereocenters. The quantitative estimate of drug-likeness (QED) is 0.136. The van der Waals surface area contributed by atoms with Crippen molar-refractivity contribution in [3.63, 3.8) is 0 Å². The summed E-state index contributed by atoms with van der Waals surface area (Å²) < 4.78 is 42.3. The van der Waals surface area contributed by atoms with Crippen molar-refractivity contribution in [2.24, 2.45) is 5.92 Å². The third-order valence-corrected chi connectivity index (χ3v) is 8.05. The number of carbonyl (C=O) groups excluding carboxylic acids is 1. The van der Waals surface area contributed by atoms with E-state index in [4.69, 9.17) is 33.2 Å². The molecule has 3 aliphatic rings. The summed E-state index contributed by atoms with van der Waals surface area (Å²) in [5, 5.41) is 11.1. The topological polar surface area (TPSA) is 102 Å². The van der Waals surface area contributed by atoms with Gasteiger partial charge < -0.3 is 38.3 Å². The van der Waals surface area contributed by atoms with E-state index in [9.17, 15) is 9.90 Å². The fourth-order valence-corrected chi connectivity index (χ4v) is 5.85. The van der Waals surface area contributed by atoms with Gasteiger partial charge >= 0.3 is 5.97 Å². The molecule has 1 saturated carbocycles. The van der Waals surface area contributed by atoms with E-state index in [0.717, 1.165) is 57.1 Å². The second kappa shape index (κ2) is 18.7. The number of ether oxygens (including phenoxy) is 7. The number of aliphatic hydroxyl groups is 1. The van der Waals surface area contributed by atoms with Crippen molar-refractivity contribution in [2.45, 2.75) is 128 Å². The van der Waals surface area contributed by atoms with Crippen molar-refractivity contribution >= 4 is 5.97 Å². The molecule has 0 amide bonds. The number of benzene rings is 1. The molecule has 0 bridgehead atoms. The number of allylic oxidation sites excluding steroid dienone is 2. The lowest BCUT2D eigenvalue weighted by Gasteiger charge is -2.32. The first kappa shape index (κ1) is 33.9. The van der Waals surface area contributed by atoms with Crippen LogP contribution in [0.5, 0.6) is 5.75 Å². The Morgan fingerprint density at radius 2 is 1.74 bits per heavy atom. The predicted molar refractivity (Wildman–Crippen MR) is 162 cm³/mol. The summed E-state index contributed by atoms with van der Waals surface area (Å²) in [6.07, 6.45) is 10.9. The molecule has 1 aliphatic carbocycles. The van der Waals surface area contributed by atoms with E-state index in [-0.39, 0.29) is 55.5 Å². The van der Waals surface area contributed by atoms with Crippen LogP contribution < -0.4 is 4.74 Å². The molecule has 0 radical (unpaired) electrons. The zero-order chi connectivity index (χ0) is 30.3. The van der Waals surface area contributed by atoms with E-state index in [1.165, 1.54) is 0 Å². The Balaban J connectivity index is 1.36. The highest BCUT2D eigenvalue weighted by atomic mass is 16.7. The minimum Gasteiger partial charge on any atom is -0.491 e. The lowest BCUT2D eigenvalue weighted by atomic mass is 9.98. The summed E-state index contributed by atoms with van der Waals surface area (Å²) in [5.74, 6) is 0.463. The van der Waals surface area contributed by atoms with Crippen molar-refractivity contribution in [3.8, 4) is 5.75 Å². The fraction of sp³-hybridized carbons (Fsp3) is 0.735. The molecule has 4 rings (SSSR count). The number of esters is 1. The molecule has 2 aliphatic heterocycles. The molecule has 3 fully saturated rings. The molecule has 9 nitrogen and oxygen atoms in total. The van der Waals surface area contributed by atoms with Crippen LogP contribution in [-0.4, -0.2) is 80.6 Å². The Labute approximate surface area is 257 Å². The Morgan fingerprint density at radius 1 is 1.00 bits per heavy atom. The number of unbranched alkanes of at least 4 members (excludes halogenated alkanes) is 1. The molecule has 43 heavy (non-hydrogen) atoms. The van der Waals surface area contributed by atoms with Crippen molar-refractivity contribution in [1.29, 1.82) is 0 Å². The first-order valence-corrected chi connectivity index (χ1v) is 16.3. The average molecular weight is 605 g/mol. The van der Waals surface area contributed by atoms with Crippen LogP contribution in [-0.2, 0) is 33.2 Å². The van der Waals surface area contributed by atoms with Crippen LogP contribution in [0.2, 0.25) is 0 Å². The highest BCUT2D eigenvalue weighted by Crippen LogP contribution is 2.36. The minimum atomic E-state index is -0.564. The molecular formula is C34H52O9. The van der Waals surface area contributed by atoms with Crippen LogP contribution in [0.3, 0.4) is 0 Å². The van der Waals surface area contributed by atoms with Crippen LogP contribution in [0.4, 0.5) is 0 Å². The number of hydrogen-bond acceptors (Lipinski definition) is 9. The van der Waals surface area contributed by atoms with Gasteiger partial charge in [-0.2, -0.15) is 0 Å². The van der Waals surface area contributed by atoms with Crippen LogP contribution in [0.25, 0.3) is 0 Å². The molecule has 1 aromatic carbocycles. The maximum Gasteiger partial charge on any atom is 0.306 e. The van der Waals surface area contributed by atoms with Gasteiger partial charge in [0.05, 0.1) is 31.0 Å². The standard InChI is InChI=1S/C34H52O9/c1-25(2)41-31(36)17-9-4-3-8-16-28-29(35)22-30(43-33-19-11-13-21-38-33)34(28)40-24-27(42-32-18-10-12-20-37-32)23-39-26-14-6-5-7-15-26/h3,5-8,14-15,25,27-30,32-35H,4,9-13,16-24H2,1-2H3/b8-3-/t27?,28-,29+,30-,32?,33?,34-/m0/s1. The molecule has 1 N–H and O–H groups in total. The van der Waals surface area contributed by atoms with Crippen molar-refractivity contribution < 1.29 is 43.1 Å². The van der Waals surface area contributed by atoms with Gasteiger partial charge in [0.25, 0.3) is 0 Å². The maximum atomic E-state index is 11.8. The molecule has 2 saturated heterocycles. The first-order chi connectivity index (χ1) is 21.0. The molecular weight excluding hydrogens is 552 g/mol. The second-order valence-electron chi connectivity index (χ2n) is 12.1. The van der Waals surface area contributed by atoms with E-state index < -0.39 is 6.10 Å².